The van der Waals surface area contributed by atoms with Crippen LogP contribution in [0.3, 0.4) is 0 Å². The van der Waals surface area contributed by atoms with Gasteiger partial charge in [0, 0.05) is 0 Å². The van der Waals surface area contributed by atoms with Gasteiger partial charge in [0.1, 0.15) is 6.67 Å². The summed E-state index contributed by atoms with van der Waals surface area (Å²) in [7, 11) is 0. The summed E-state index contributed by atoms with van der Waals surface area (Å²) in [5, 5.41) is 4.36. The minimum Gasteiger partial charge on any atom is -0.266 e. The molecule has 4 heteroatoms. The van der Waals surface area contributed by atoms with Crippen LogP contribution in [0.5, 0.6) is 0 Å². The first-order valence-corrected chi connectivity index (χ1v) is 5.62. The van der Waals surface area contributed by atoms with Crippen molar-refractivity contribution in [3.05, 3.63) is 15.0 Å². The van der Waals surface area contributed by atoms with Crippen LogP contribution in [0.15, 0.2) is 0 Å². The first kappa shape index (κ1) is 10.9. The van der Waals surface area contributed by atoms with Crippen LogP contribution >= 0.6 is 22.6 Å². The molecule has 0 aliphatic rings. The Bertz CT molecular complexity index is 283. The average Bonchev–Trinajstić information content (AvgIpc) is 2.43. The largest absolute Gasteiger partial charge is 0.266 e. The Morgan fingerprint density at radius 2 is 2.08 bits per heavy atom. The van der Waals surface area contributed by atoms with Crippen LogP contribution in [0.1, 0.15) is 25.2 Å². The van der Waals surface area contributed by atoms with Crippen LogP contribution in [-0.4, -0.2) is 16.5 Å². The highest BCUT2D eigenvalue weighted by molar-refractivity contribution is 14.1. The molecule has 0 saturated carbocycles. The number of alkyl halides is 1. The summed E-state index contributed by atoms with van der Waals surface area (Å²) in [4.78, 5) is 0. The van der Waals surface area contributed by atoms with E-state index in [4.69, 9.17) is 0 Å². The topological polar surface area (TPSA) is 17.8 Å². The number of nitrogens with zero attached hydrogens (tertiary/aromatic N) is 2. The van der Waals surface area contributed by atoms with Crippen molar-refractivity contribution in [2.75, 3.05) is 6.67 Å². The van der Waals surface area contributed by atoms with Crippen LogP contribution in [0.4, 0.5) is 4.39 Å². The van der Waals surface area contributed by atoms with Crippen molar-refractivity contribution >= 4 is 22.6 Å². The van der Waals surface area contributed by atoms with Gasteiger partial charge in [0.05, 0.1) is 21.5 Å². The summed E-state index contributed by atoms with van der Waals surface area (Å²) in [5.74, 6) is 0. The first-order chi connectivity index (χ1) is 6.24. The predicted molar refractivity (Wildman–Crippen MR) is 59.7 cm³/mol. The van der Waals surface area contributed by atoms with Crippen LogP contribution in [0.2, 0.25) is 0 Å². The standard InChI is InChI=1S/C9H14FIN2/c1-3-7-9(11)8(4-2)13(12-7)6-5-10/h3-6H2,1-2H3. The monoisotopic (exact) mass is 296 g/mol. The van der Waals surface area contributed by atoms with Crippen LogP contribution < -0.4 is 0 Å². The zero-order chi connectivity index (χ0) is 9.84. The van der Waals surface area contributed by atoms with Crippen molar-refractivity contribution < 1.29 is 4.39 Å². The van der Waals surface area contributed by atoms with E-state index in [0.29, 0.717) is 6.54 Å². The fraction of sp³-hybridized carbons (Fsp3) is 0.667. The van der Waals surface area contributed by atoms with Gasteiger partial charge in [-0.2, -0.15) is 5.10 Å². The number of hydrogen-bond acceptors (Lipinski definition) is 1. The molecule has 0 radical (unpaired) electrons. The van der Waals surface area contributed by atoms with Gasteiger partial charge < -0.3 is 0 Å². The number of hydrogen-bond donors (Lipinski definition) is 0. The molecule has 1 aromatic heterocycles. The molecule has 0 unspecified atom stereocenters. The number of aryl methyl sites for hydroxylation is 2. The predicted octanol–water partition coefficient (Wildman–Crippen LogP) is 2.58. The minimum absolute atomic E-state index is 0.339. The molecule has 13 heavy (non-hydrogen) atoms. The van der Waals surface area contributed by atoms with E-state index >= 15 is 0 Å². The third-order valence-electron chi connectivity index (χ3n) is 2.03. The average molecular weight is 296 g/mol. The molecule has 0 aliphatic heterocycles. The van der Waals surface area contributed by atoms with E-state index in [-0.39, 0.29) is 6.67 Å². The van der Waals surface area contributed by atoms with E-state index < -0.39 is 0 Å². The van der Waals surface area contributed by atoms with Crippen molar-refractivity contribution in [3.8, 4) is 0 Å². The summed E-state index contributed by atoms with van der Waals surface area (Å²) in [6, 6.07) is 0. The molecule has 0 aromatic carbocycles. The molecule has 74 valence electrons. The fourth-order valence-electron chi connectivity index (χ4n) is 1.36. The molecule has 1 aromatic rings. The lowest BCUT2D eigenvalue weighted by Crippen LogP contribution is -2.06. The van der Waals surface area contributed by atoms with Gasteiger partial charge in [-0.15, -0.1) is 0 Å². The van der Waals surface area contributed by atoms with Crippen LogP contribution in [0, 0.1) is 3.57 Å². The molecular formula is C9H14FIN2. The van der Waals surface area contributed by atoms with Crippen molar-refractivity contribution in [3.63, 3.8) is 0 Å². The summed E-state index contributed by atoms with van der Waals surface area (Å²) in [5.41, 5.74) is 2.25. The van der Waals surface area contributed by atoms with Gasteiger partial charge in [-0.1, -0.05) is 13.8 Å². The van der Waals surface area contributed by atoms with E-state index in [0.717, 1.165) is 24.2 Å². The fourth-order valence-corrected chi connectivity index (χ4v) is 2.51. The minimum atomic E-state index is -0.339. The third-order valence-corrected chi connectivity index (χ3v) is 3.27. The molecular weight excluding hydrogens is 282 g/mol. The molecule has 1 heterocycles. The Kier molecular flexibility index (Phi) is 4.15. The normalized spacial score (nSPS) is 10.8. The van der Waals surface area contributed by atoms with Gasteiger partial charge in [-0.25, -0.2) is 4.39 Å². The molecule has 0 N–H and O–H groups in total. The smallest absolute Gasteiger partial charge is 0.109 e. The van der Waals surface area contributed by atoms with Gasteiger partial charge in [0.15, 0.2) is 0 Å². The van der Waals surface area contributed by atoms with E-state index in [2.05, 4.69) is 41.5 Å². The van der Waals surface area contributed by atoms with Crippen molar-refractivity contribution in [1.82, 2.24) is 9.78 Å². The van der Waals surface area contributed by atoms with Crippen molar-refractivity contribution in [1.29, 1.82) is 0 Å². The van der Waals surface area contributed by atoms with Crippen molar-refractivity contribution in [2.45, 2.75) is 33.2 Å². The van der Waals surface area contributed by atoms with Crippen LogP contribution in [0.25, 0.3) is 0 Å². The zero-order valence-electron chi connectivity index (χ0n) is 7.98. The van der Waals surface area contributed by atoms with Gasteiger partial charge >= 0.3 is 0 Å². The Morgan fingerprint density at radius 1 is 1.38 bits per heavy atom. The van der Waals surface area contributed by atoms with Gasteiger partial charge in [0.25, 0.3) is 0 Å². The number of aromatic nitrogens is 2. The van der Waals surface area contributed by atoms with E-state index in [1.54, 1.807) is 4.68 Å². The summed E-state index contributed by atoms with van der Waals surface area (Å²) < 4.78 is 15.2. The molecule has 2 nitrogen and oxygen atoms in total. The molecule has 0 amide bonds. The highest BCUT2D eigenvalue weighted by Crippen LogP contribution is 2.18. The Morgan fingerprint density at radius 3 is 2.54 bits per heavy atom. The highest BCUT2D eigenvalue weighted by Gasteiger charge is 2.11. The number of rotatable bonds is 4. The van der Waals surface area contributed by atoms with Gasteiger partial charge in [-0.05, 0) is 35.4 Å². The zero-order valence-corrected chi connectivity index (χ0v) is 10.1. The van der Waals surface area contributed by atoms with E-state index in [1.807, 2.05) is 0 Å². The molecule has 0 fully saturated rings. The van der Waals surface area contributed by atoms with Crippen molar-refractivity contribution in [2.24, 2.45) is 0 Å². The van der Waals surface area contributed by atoms with Gasteiger partial charge in [0.2, 0.25) is 0 Å². The summed E-state index contributed by atoms with van der Waals surface area (Å²) in [6.45, 7) is 4.20. The summed E-state index contributed by atoms with van der Waals surface area (Å²) in [6.07, 6.45) is 1.84. The highest BCUT2D eigenvalue weighted by atomic mass is 127. The first-order valence-electron chi connectivity index (χ1n) is 4.54. The van der Waals surface area contributed by atoms with E-state index in [1.165, 1.54) is 3.57 Å². The van der Waals surface area contributed by atoms with E-state index in [9.17, 15) is 4.39 Å². The maximum atomic E-state index is 12.2. The Labute approximate surface area is 91.7 Å². The second-order valence-corrected chi connectivity index (χ2v) is 3.91. The molecule has 0 bridgehead atoms. The SMILES string of the molecule is CCc1nn(CCF)c(CC)c1I. The second kappa shape index (κ2) is 4.93. The summed E-state index contributed by atoms with van der Waals surface area (Å²) >= 11 is 2.30. The van der Waals surface area contributed by atoms with Crippen LogP contribution in [-0.2, 0) is 19.4 Å². The molecule has 0 atom stereocenters. The maximum Gasteiger partial charge on any atom is 0.109 e. The maximum absolute atomic E-state index is 12.2. The lowest BCUT2D eigenvalue weighted by molar-refractivity contribution is 0.419. The molecule has 1 rings (SSSR count). The lowest BCUT2D eigenvalue weighted by atomic mass is 10.2. The second-order valence-electron chi connectivity index (χ2n) is 2.83. The number of halogens is 2. The Balaban J connectivity index is 3.04. The molecule has 0 spiro atoms. The lowest BCUT2D eigenvalue weighted by Gasteiger charge is -2.01. The molecule has 0 aliphatic carbocycles. The third kappa shape index (κ3) is 2.21. The quantitative estimate of drug-likeness (QED) is 0.781. The van der Waals surface area contributed by atoms with Gasteiger partial charge in [-0.3, -0.25) is 4.68 Å². The Hall–Kier alpha value is -0.130. The molecule has 0 saturated heterocycles.